The van der Waals surface area contributed by atoms with Crippen LogP contribution < -0.4 is 16.0 Å². The van der Waals surface area contributed by atoms with E-state index >= 15 is 0 Å². The molecule has 0 aliphatic carbocycles. The van der Waals surface area contributed by atoms with E-state index in [9.17, 15) is 14.4 Å². The molecule has 0 saturated heterocycles. The molecule has 0 aromatic rings. The molecule has 0 aromatic heterocycles. The van der Waals surface area contributed by atoms with E-state index in [0.29, 0.717) is 13.2 Å². The summed E-state index contributed by atoms with van der Waals surface area (Å²) in [6.45, 7) is 0.423. The number of rotatable bonds is 8. The van der Waals surface area contributed by atoms with Crippen molar-refractivity contribution in [3.8, 4) is 12.3 Å². The molecule has 1 unspecified atom stereocenters. The molecule has 0 fully saturated rings. The molecule has 8 heteroatoms. The van der Waals surface area contributed by atoms with Crippen molar-refractivity contribution >= 4 is 17.9 Å². The predicted octanol–water partition coefficient (Wildman–Crippen LogP) is -1.48. The van der Waals surface area contributed by atoms with E-state index in [1.807, 2.05) is 0 Å². The van der Waals surface area contributed by atoms with Gasteiger partial charge in [0.05, 0.1) is 13.2 Å². The summed E-state index contributed by atoms with van der Waals surface area (Å²) in [5, 5.41) is 15.6. The van der Waals surface area contributed by atoms with Crippen LogP contribution in [0.3, 0.4) is 0 Å². The number of hydrogen-bond donors (Lipinski definition) is 4. The Hall–Kier alpha value is -2.27. The summed E-state index contributed by atoms with van der Waals surface area (Å²) in [7, 11) is 1.50. The molecule has 4 N–H and O–H groups in total. The van der Waals surface area contributed by atoms with Crippen LogP contribution in [0.5, 0.6) is 0 Å². The Bertz CT molecular complexity index is 364. The van der Waals surface area contributed by atoms with Crippen molar-refractivity contribution in [3.63, 3.8) is 0 Å². The van der Waals surface area contributed by atoms with Crippen molar-refractivity contribution in [2.45, 2.75) is 12.5 Å². The Balaban J connectivity index is 3.94. The van der Waals surface area contributed by atoms with Gasteiger partial charge in [-0.3, -0.25) is 4.79 Å². The number of methoxy groups -OCH3 is 1. The Morgan fingerprint density at radius 2 is 2.05 bits per heavy atom. The Labute approximate surface area is 110 Å². The van der Waals surface area contributed by atoms with Crippen LogP contribution in [0.4, 0.5) is 4.79 Å². The van der Waals surface area contributed by atoms with Gasteiger partial charge in [0, 0.05) is 20.1 Å². The fourth-order valence-corrected chi connectivity index (χ4v) is 1.04. The highest BCUT2D eigenvalue weighted by Crippen LogP contribution is 1.90. The highest BCUT2D eigenvalue weighted by molar-refractivity contribution is 5.86. The van der Waals surface area contributed by atoms with Gasteiger partial charge in [-0.25, -0.2) is 9.59 Å². The van der Waals surface area contributed by atoms with Crippen LogP contribution in [0.1, 0.15) is 6.42 Å². The first-order valence-electron chi connectivity index (χ1n) is 5.47. The van der Waals surface area contributed by atoms with Crippen LogP contribution in [0, 0.1) is 12.3 Å². The number of amides is 3. The summed E-state index contributed by atoms with van der Waals surface area (Å²) < 4.78 is 4.73. The summed E-state index contributed by atoms with van der Waals surface area (Å²) in [5.41, 5.74) is 0. The summed E-state index contributed by atoms with van der Waals surface area (Å²) in [6.07, 6.45) is 4.84. The largest absolute Gasteiger partial charge is 0.480 e. The number of terminal acetylenes is 1. The van der Waals surface area contributed by atoms with E-state index in [0.717, 1.165) is 0 Å². The van der Waals surface area contributed by atoms with Gasteiger partial charge in [-0.05, 0) is 0 Å². The second-order valence-corrected chi connectivity index (χ2v) is 3.47. The van der Waals surface area contributed by atoms with Crippen molar-refractivity contribution in [1.82, 2.24) is 16.0 Å². The molecule has 3 amide bonds. The van der Waals surface area contributed by atoms with Gasteiger partial charge in [-0.15, -0.1) is 12.3 Å². The van der Waals surface area contributed by atoms with Crippen LogP contribution in [-0.2, 0) is 14.3 Å². The first kappa shape index (κ1) is 16.7. The van der Waals surface area contributed by atoms with Gasteiger partial charge in [0.1, 0.15) is 6.04 Å². The molecular formula is C11H17N3O5. The number of ether oxygens (including phenoxy) is 1. The van der Waals surface area contributed by atoms with E-state index in [1.54, 1.807) is 0 Å². The molecule has 0 bridgehead atoms. The van der Waals surface area contributed by atoms with Crippen molar-refractivity contribution in [2.24, 2.45) is 0 Å². The second kappa shape index (κ2) is 9.73. The van der Waals surface area contributed by atoms with Crippen LogP contribution in [0.25, 0.3) is 0 Å². The van der Waals surface area contributed by atoms with Crippen LogP contribution >= 0.6 is 0 Å². The van der Waals surface area contributed by atoms with E-state index in [1.165, 1.54) is 7.11 Å². The fourth-order valence-electron chi connectivity index (χ4n) is 1.04. The minimum Gasteiger partial charge on any atom is -0.480 e. The molecule has 19 heavy (non-hydrogen) atoms. The lowest BCUT2D eigenvalue weighted by Gasteiger charge is -2.12. The Kier molecular flexibility index (Phi) is 8.57. The first-order valence-corrected chi connectivity index (χ1v) is 5.47. The second-order valence-electron chi connectivity index (χ2n) is 3.47. The van der Waals surface area contributed by atoms with Crippen LogP contribution in [0.2, 0.25) is 0 Å². The summed E-state index contributed by atoms with van der Waals surface area (Å²) in [6, 6.07) is -1.95. The number of urea groups is 1. The molecule has 0 heterocycles. The summed E-state index contributed by atoms with van der Waals surface area (Å²) in [4.78, 5) is 33.2. The fraction of sp³-hybridized carbons (Fsp3) is 0.545. The smallest absolute Gasteiger partial charge is 0.327 e. The molecule has 0 aliphatic heterocycles. The van der Waals surface area contributed by atoms with Crippen molar-refractivity contribution in [2.75, 3.05) is 26.8 Å². The third-order valence-electron chi connectivity index (χ3n) is 1.96. The number of hydrogen-bond acceptors (Lipinski definition) is 4. The van der Waals surface area contributed by atoms with Gasteiger partial charge in [0.15, 0.2) is 0 Å². The maximum atomic E-state index is 11.3. The standard InChI is InChI=1S/C11H17N3O5/c1-3-4-8(10(16)17)14-11(18)13-7-9(15)12-5-6-19-2/h1,8H,4-7H2,2H3,(H,12,15)(H,16,17)(H2,13,14,18). The molecule has 0 radical (unpaired) electrons. The van der Waals surface area contributed by atoms with Crippen molar-refractivity contribution in [3.05, 3.63) is 0 Å². The number of carbonyl (C=O) groups excluding carboxylic acids is 2. The van der Waals surface area contributed by atoms with E-state index < -0.39 is 23.9 Å². The molecule has 0 aromatic carbocycles. The molecule has 0 spiro atoms. The molecule has 0 saturated carbocycles. The van der Waals surface area contributed by atoms with E-state index in [-0.39, 0.29) is 13.0 Å². The van der Waals surface area contributed by atoms with E-state index in [2.05, 4.69) is 21.9 Å². The Morgan fingerprint density at radius 3 is 2.58 bits per heavy atom. The average Bonchev–Trinajstić information content (AvgIpc) is 2.36. The van der Waals surface area contributed by atoms with Gasteiger partial charge in [-0.2, -0.15) is 0 Å². The molecular weight excluding hydrogens is 254 g/mol. The van der Waals surface area contributed by atoms with Gasteiger partial charge in [0.25, 0.3) is 0 Å². The zero-order valence-electron chi connectivity index (χ0n) is 10.6. The number of aliphatic carboxylic acids is 1. The maximum Gasteiger partial charge on any atom is 0.327 e. The number of carboxylic acid groups (broad SMARTS) is 1. The van der Waals surface area contributed by atoms with Crippen LogP contribution in [0.15, 0.2) is 0 Å². The first-order chi connectivity index (χ1) is 9.01. The third-order valence-corrected chi connectivity index (χ3v) is 1.96. The van der Waals surface area contributed by atoms with E-state index in [4.69, 9.17) is 16.3 Å². The number of carbonyl (C=O) groups is 3. The van der Waals surface area contributed by atoms with Crippen molar-refractivity contribution in [1.29, 1.82) is 0 Å². The third kappa shape index (κ3) is 8.45. The highest BCUT2D eigenvalue weighted by atomic mass is 16.5. The lowest BCUT2D eigenvalue weighted by atomic mass is 10.2. The minimum atomic E-state index is -1.24. The molecule has 0 rings (SSSR count). The zero-order valence-corrected chi connectivity index (χ0v) is 10.6. The highest BCUT2D eigenvalue weighted by Gasteiger charge is 2.18. The Morgan fingerprint density at radius 1 is 1.37 bits per heavy atom. The van der Waals surface area contributed by atoms with Gasteiger partial charge < -0.3 is 25.8 Å². The number of nitrogens with one attached hydrogen (secondary N) is 3. The van der Waals surface area contributed by atoms with Gasteiger partial charge >= 0.3 is 12.0 Å². The normalized spacial score (nSPS) is 10.9. The molecule has 8 nitrogen and oxygen atoms in total. The number of carboxylic acids is 1. The summed E-state index contributed by atoms with van der Waals surface area (Å²) in [5.74, 6) is 0.492. The zero-order chi connectivity index (χ0) is 14.7. The molecule has 106 valence electrons. The lowest BCUT2D eigenvalue weighted by molar-refractivity contribution is -0.139. The van der Waals surface area contributed by atoms with Crippen molar-refractivity contribution < 1.29 is 24.2 Å². The maximum absolute atomic E-state index is 11.3. The molecule has 0 aliphatic rings. The molecule has 1 atom stereocenters. The summed E-state index contributed by atoms with van der Waals surface area (Å²) >= 11 is 0. The predicted molar refractivity (Wildman–Crippen MR) is 66.3 cm³/mol. The van der Waals surface area contributed by atoms with Crippen LogP contribution in [-0.4, -0.2) is 55.9 Å². The SMILES string of the molecule is C#CCC(NC(=O)NCC(=O)NCCOC)C(=O)O. The lowest BCUT2D eigenvalue weighted by Crippen LogP contribution is -2.48. The van der Waals surface area contributed by atoms with Gasteiger partial charge in [0.2, 0.25) is 5.91 Å². The topological polar surface area (TPSA) is 117 Å². The average molecular weight is 271 g/mol. The van der Waals surface area contributed by atoms with Gasteiger partial charge in [-0.1, -0.05) is 0 Å². The quantitative estimate of drug-likeness (QED) is 0.317. The monoisotopic (exact) mass is 271 g/mol. The minimum absolute atomic E-state index is 0.136.